The highest BCUT2D eigenvalue weighted by molar-refractivity contribution is 9.18. The third-order valence-electron chi connectivity index (χ3n) is 3.09. The summed E-state index contributed by atoms with van der Waals surface area (Å²) in [5.74, 6) is 0. The van der Waals surface area contributed by atoms with Gasteiger partial charge in [0.1, 0.15) is 15.8 Å². The zero-order valence-corrected chi connectivity index (χ0v) is 12.5. The minimum absolute atomic E-state index is 0.105. The Hall–Kier alpha value is -0.780. The second-order valence-corrected chi connectivity index (χ2v) is 6.92. The van der Waals surface area contributed by atoms with Gasteiger partial charge in [0.05, 0.1) is 0 Å². The summed E-state index contributed by atoms with van der Waals surface area (Å²) < 4.78 is 6.09. The Morgan fingerprint density at radius 1 is 1.61 bits per heavy atom. The number of rotatable bonds is 1. The maximum Gasteiger partial charge on any atom is 0.407 e. The standard InChI is InChI=1S/C12H19BrN2O3/c1-11(2,3)17-10(16)14-8-4-5-12(6-8)7-9(13)15-18-12/h8H,4-7H2,1-3H3,(H,14,16). The van der Waals surface area contributed by atoms with Gasteiger partial charge in [0, 0.05) is 18.9 Å². The first-order valence-electron chi connectivity index (χ1n) is 6.18. The quantitative estimate of drug-likeness (QED) is 0.808. The number of oxime groups is 1. The fourth-order valence-corrected chi connectivity index (χ4v) is 2.99. The lowest BCUT2D eigenvalue weighted by Crippen LogP contribution is -2.39. The molecule has 1 spiro atoms. The summed E-state index contributed by atoms with van der Waals surface area (Å²) in [6, 6.07) is 0.105. The molecular weight excluding hydrogens is 300 g/mol. The molecule has 2 rings (SSSR count). The van der Waals surface area contributed by atoms with E-state index in [4.69, 9.17) is 9.57 Å². The van der Waals surface area contributed by atoms with E-state index in [9.17, 15) is 4.79 Å². The van der Waals surface area contributed by atoms with Crippen molar-refractivity contribution in [2.75, 3.05) is 0 Å². The first-order valence-corrected chi connectivity index (χ1v) is 6.97. The molecule has 18 heavy (non-hydrogen) atoms. The Morgan fingerprint density at radius 2 is 2.33 bits per heavy atom. The molecule has 0 saturated heterocycles. The van der Waals surface area contributed by atoms with Crippen LogP contribution in [0, 0.1) is 0 Å². The molecule has 0 bridgehead atoms. The van der Waals surface area contributed by atoms with Crippen molar-refractivity contribution < 1.29 is 14.4 Å². The number of carbonyl (C=O) groups excluding carboxylic acids is 1. The highest BCUT2D eigenvalue weighted by atomic mass is 79.9. The fourth-order valence-electron chi connectivity index (χ4n) is 2.41. The van der Waals surface area contributed by atoms with Crippen LogP contribution in [0.3, 0.4) is 0 Å². The van der Waals surface area contributed by atoms with Gasteiger partial charge in [-0.2, -0.15) is 0 Å². The summed E-state index contributed by atoms with van der Waals surface area (Å²) in [7, 11) is 0. The summed E-state index contributed by atoms with van der Waals surface area (Å²) in [5.41, 5.74) is -0.686. The molecule has 2 aliphatic rings. The number of hydrogen-bond acceptors (Lipinski definition) is 4. The van der Waals surface area contributed by atoms with Gasteiger partial charge in [-0.15, -0.1) is 0 Å². The summed E-state index contributed by atoms with van der Waals surface area (Å²) in [6.07, 6.45) is 3.02. The van der Waals surface area contributed by atoms with Crippen molar-refractivity contribution in [1.82, 2.24) is 5.32 Å². The number of hydrogen-bond donors (Lipinski definition) is 1. The lowest BCUT2D eigenvalue weighted by molar-refractivity contribution is -0.0146. The van der Waals surface area contributed by atoms with E-state index >= 15 is 0 Å². The van der Waals surface area contributed by atoms with E-state index in [-0.39, 0.29) is 17.7 Å². The van der Waals surface area contributed by atoms with Crippen molar-refractivity contribution in [3.63, 3.8) is 0 Å². The molecule has 0 aromatic rings. The molecule has 6 heteroatoms. The van der Waals surface area contributed by atoms with Gasteiger partial charge in [-0.25, -0.2) is 4.79 Å². The van der Waals surface area contributed by atoms with Crippen LogP contribution >= 0.6 is 15.9 Å². The molecule has 0 radical (unpaired) electrons. The molecule has 0 aromatic heterocycles. The van der Waals surface area contributed by atoms with E-state index in [1.54, 1.807) is 0 Å². The summed E-state index contributed by atoms with van der Waals surface area (Å²) >= 11 is 3.35. The predicted molar refractivity (Wildman–Crippen MR) is 71.8 cm³/mol. The van der Waals surface area contributed by atoms with Gasteiger partial charge in [0.15, 0.2) is 0 Å². The highest BCUT2D eigenvalue weighted by Crippen LogP contribution is 2.41. The average Bonchev–Trinajstić information content (AvgIpc) is 2.72. The maximum absolute atomic E-state index is 11.7. The Kier molecular flexibility index (Phi) is 3.58. The molecule has 1 fully saturated rings. The van der Waals surface area contributed by atoms with E-state index in [1.807, 2.05) is 20.8 Å². The summed E-state index contributed by atoms with van der Waals surface area (Å²) in [5, 5.41) is 6.83. The third-order valence-corrected chi connectivity index (χ3v) is 3.52. The van der Waals surface area contributed by atoms with Crippen molar-refractivity contribution in [3.8, 4) is 0 Å². The Labute approximate surface area is 115 Å². The normalized spacial score (nSPS) is 31.1. The third kappa shape index (κ3) is 3.37. The van der Waals surface area contributed by atoms with Crippen LogP contribution in [-0.2, 0) is 9.57 Å². The monoisotopic (exact) mass is 318 g/mol. The van der Waals surface area contributed by atoms with Crippen LogP contribution in [0.2, 0.25) is 0 Å². The van der Waals surface area contributed by atoms with Gasteiger partial charge < -0.3 is 14.9 Å². The molecule has 1 amide bonds. The Balaban J connectivity index is 1.82. The van der Waals surface area contributed by atoms with E-state index < -0.39 is 5.60 Å². The zero-order chi connectivity index (χ0) is 13.4. The molecule has 1 heterocycles. The van der Waals surface area contributed by atoms with Gasteiger partial charge in [-0.3, -0.25) is 0 Å². The minimum Gasteiger partial charge on any atom is -0.444 e. The van der Waals surface area contributed by atoms with E-state index in [2.05, 4.69) is 26.4 Å². The molecular formula is C12H19BrN2O3. The van der Waals surface area contributed by atoms with E-state index in [0.29, 0.717) is 0 Å². The number of halogens is 1. The number of nitrogens with zero attached hydrogens (tertiary/aromatic N) is 1. The Morgan fingerprint density at radius 3 is 2.89 bits per heavy atom. The lowest BCUT2D eigenvalue weighted by Gasteiger charge is -2.23. The fraction of sp³-hybridized carbons (Fsp3) is 0.833. The molecule has 2 atom stereocenters. The zero-order valence-electron chi connectivity index (χ0n) is 11.0. The van der Waals surface area contributed by atoms with Crippen LogP contribution < -0.4 is 5.32 Å². The topological polar surface area (TPSA) is 59.9 Å². The number of ether oxygens (including phenoxy) is 1. The molecule has 1 saturated carbocycles. The average molecular weight is 319 g/mol. The molecule has 1 aliphatic heterocycles. The van der Waals surface area contributed by atoms with Gasteiger partial charge in [-0.1, -0.05) is 5.16 Å². The van der Waals surface area contributed by atoms with Crippen LogP contribution in [-0.4, -0.2) is 28.0 Å². The second kappa shape index (κ2) is 4.72. The van der Waals surface area contributed by atoms with Crippen molar-refractivity contribution in [3.05, 3.63) is 0 Å². The number of nitrogens with one attached hydrogen (secondary N) is 1. The lowest BCUT2D eigenvalue weighted by atomic mass is 9.99. The van der Waals surface area contributed by atoms with Gasteiger partial charge >= 0.3 is 6.09 Å². The molecule has 1 N–H and O–H groups in total. The van der Waals surface area contributed by atoms with Crippen molar-refractivity contribution in [2.24, 2.45) is 5.16 Å². The maximum atomic E-state index is 11.7. The van der Waals surface area contributed by atoms with Crippen LogP contribution in [0.4, 0.5) is 4.79 Å². The molecule has 102 valence electrons. The molecule has 2 unspecified atom stereocenters. The first kappa shape index (κ1) is 13.6. The van der Waals surface area contributed by atoms with E-state index in [1.165, 1.54) is 0 Å². The number of alkyl carbamates (subject to hydrolysis) is 1. The van der Waals surface area contributed by atoms with Crippen LogP contribution in [0.5, 0.6) is 0 Å². The SMILES string of the molecule is CC(C)(C)OC(=O)NC1CCC2(CC(Br)=NO2)C1. The smallest absolute Gasteiger partial charge is 0.407 e. The molecule has 1 aliphatic carbocycles. The number of amides is 1. The van der Waals surface area contributed by atoms with Gasteiger partial charge in [0.25, 0.3) is 0 Å². The Bertz CT molecular complexity index is 378. The number of carbonyl (C=O) groups is 1. The van der Waals surface area contributed by atoms with Crippen molar-refractivity contribution in [1.29, 1.82) is 0 Å². The highest BCUT2D eigenvalue weighted by Gasteiger charge is 2.46. The first-order chi connectivity index (χ1) is 8.28. The predicted octanol–water partition coefficient (Wildman–Crippen LogP) is 2.93. The van der Waals surface area contributed by atoms with Gasteiger partial charge in [0.2, 0.25) is 0 Å². The summed E-state index contributed by atoms with van der Waals surface area (Å²) in [6.45, 7) is 5.56. The van der Waals surface area contributed by atoms with Crippen molar-refractivity contribution in [2.45, 2.75) is 63.7 Å². The second-order valence-electron chi connectivity index (χ2n) is 6.00. The minimum atomic E-state index is -0.462. The van der Waals surface area contributed by atoms with Crippen LogP contribution in [0.25, 0.3) is 0 Å². The van der Waals surface area contributed by atoms with E-state index in [0.717, 1.165) is 30.3 Å². The van der Waals surface area contributed by atoms with Gasteiger partial charge in [-0.05, 0) is 49.5 Å². The largest absolute Gasteiger partial charge is 0.444 e. The van der Waals surface area contributed by atoms with Crippen LogP contribution in [0.15, 0.2) is 5.16 Å². The summed E-state index contributed by atoms with van der Waals surface area (Å²) in [4.78, 5) is 17.1. The van der Waals surface area contributed by atoms with Crippen molar-refractivity contribution >= 4 is 26.6 Å². The molecule has 5 nitrogen and oxygen atoms in total. The molecule has 0 aromatic carbocycles. The van der Waals surface area contributed by atoms with Crippen LogP contribution in [0.1, 0.15) is 46.5 Å².